The second-order valence-corrected chi connectivity index (χ2v) is 7.96. The maximum atomic E-state index is 12.2. The van der Waals surface area contributed by atoms with E-state index in [0.717, 1.165) is 38.2 Å². The Hall–Kier alpha value is -2.00. The molecule has 27 heavy (non-hydrogen) atoms. The lowest BCUT2D eigenvalue weighted by Crippen LogP contribution is -2.41. The lowest BCUT2D eigenvalue weighted by molar-refractivity contribution is -0.119. The molecule has 1 saturated heterocycles. The van der Waals surface area contributed by atoms with Crippen molar-refractivity contribution in [2.75, 3.05) is 44.7 Å². The Morgan fingerprint density at radius 3 is 2.85 bits per heavy atom. The highest BCUT2D eigenvalue weighted by molar-refractivity contribution is 7.20. The molecule has 0 spiro atoms. The molecule has 2 aromatic rings. The van der Waals surface area contributed by atoms with Gasteiger partial charge in [0.15, 0.2) is 0 Å². The number of piperidine rings is 1. The molecule has 1 aliphatic rings. The number of carbonyl (C=O) groups is 1. The number of rotatable bonds is 8. The number of anilines is 1. The zero-order chi connectivity index (χ0) is 19.2. The molecule has 0 aliphatic carbocycles. The van der Waals surface area contributed by atoms with Crippen LogP contribution in [0, 0.1) is 0 Å². The highest BCUT2D eigenvalue weighted by Gasteiger charge is 2.15. The van der Waals surface area contributed by atoms with E-state index in [0.29, 0.717) is 16.6 Å². The number of likely N-dealkylation sites (tertiary alicyclic amines) is 1. The molecule has 9 heteroatoms. The number of carbonyl (C=O) groups excluding carboxylic acids is 1. The number of nitrogens with one attached hydrogen (secondary N) is 1. The lowest BCUT2D eigenvalue weighted by atomic mass is 10.1. The summed E-state index contributed by atoms with van der Waals surface area (Å²) in [5.41, 5.74) is 0.612. The third kappa shape index (κ3) is 5.26. The first-order valence-electron chi connectivity index (χ1n) is 9.67. The third-order valence-corrected chi connectivity index (χ3v) is 5.72. The Bertz CT molecular complexity index is 827. The summed E-state index contributed by atoms with van der Waals surface area (Å²) in [5, 5.41) is 7.90. The Kier molecular flexibility index (Phi) is 6.78. The average Bonchev–Trinajstić information content (AvgIpc) is 3.08. The van der Waals surface area contributed by atoms with Crippen molar-refractivity contribution in [1.82, 2.24) is 24.8 Å². The van der Waals surface area contributed by atoms with Crippen LogP contribution in [-0.4, -0.2) is 65.2 Å². The van der Waals surface area contributed by atoms with E-state index in [4.69, 9.17) is 0 Å². The molecule has 1 N–H and O–H groups in total. The predicted octanol–water partition coefficient (Wildman–Crippen LogP) is 1.14. The standard InChI is InChI=1S/C18H28N6O2S/c1-3-7-14-12-16(26)24-17(20-14)27-18(21-24)22(2)13-15(25)19-8-11-23-9-5-4-6-10-23/h12H,3-11,13H2,1-2H3,(H,19,25). The van der Waals surface area contributed by atoms with E-state index in [1.54, 1.807) is 11.9 Å². The maximum Gasteiger partial charge on any atom is 0.275 e. The summed E-state index contributed by atoms with van der Waals surface area (Å²) in [7, 11) is 1.81. The summed E-state index contributed by atoms with van der Waals surface area (Å²) in [6.45, 7) is 6.08. The van der Waals surface area contributed by atoms with Crippen LogP contribution < -0.4 is 15.8 Å². The molecule has 0 unspecified atom stereocenters. The predicted molar refractivity (Wildman–Crippen MR) is 108 cm³/mol. The van der Waals surface area contributed by atoms with Crippen LogP contribution >= 0.6 is 11.3 Å². The van der Waals surface area contributed by atoms with Crippen molar-refractivity contribution in [2.45, 2.75) is 39.0 Å². The van der Waals surface area contributed by atoms with Crippen molar-refractivity contribution in [3.8, 4) is 0 Å². The molecule has 8 nitrogen and oxygen atoms in total. The van der Waals surface area contributed by atoms with Crippen molar-refractivity contribution < 1.29 is 4.79 Å². The molecule has 0 atom stereocenters. The fraction of sp³-hybridized carbons (Fsp3) is 0.667. The number of hydrogen-bond acceptors (Lipinski definition) is 7. The minimum absolute atomic E-state index is 0.0410. The maximum absolute atomic E-state index is 12.2. The Morgan fingerprint density at radius 2 is 2.11 bits per heavy atom. The number of fused-ring (bicyclic) bond motifs is 1. The number of aryl methyl sites for hydroxylation is 1. The highest BCUT2D eigenvalue weighted by Crippen LogP contribution is 2.20. The van der Waals surface area contributed by atoms with Gasteiger partial charge in [0.2, 0.25) is 16.0 Å². The monoisotopic (exact) mass is 392 g/mol. The molecule has 1 aliphatic heterocycles. The Morgan fingerprint density at radius 1 is 1.33 bits per heavy atom. The minimum atomic E-state index is -0.176. The molecule has 0 radical (unpaired) electrons. The molecule has 3 heterocycles. The van der Waals surface area contributed by atoms with E-state index in [-0.39, 0.29) is 18.0 Å². The lowest BCUT2D eigenvalue weighted by Gasteiger charge is -2.26. The molecule has 0 aromatic carbocycles. The van der Waals surface area contributed by atoms with Gasteiger partial charge >= 0.3 is 0 Å². The number of nitrogens with zero attached hydrogens (tertiary/aromatic N) is 5. The summed E-state index contributed by atoms with van der Waals surface area (Å²) in [4.78, 5) is 33.6. The van der Waals surface area contributed by atoms with Gasteiger partial charge in [-0.3, -0.25) is 9.59 Å². The quantitative estimate of drug-likeness (QED) is 0.725. The fourth-order valence-corrected chi connectivity index (χ4v) is 4.15. The van der Waals surface area contributed by atoms with Gasteiger partial charge in [0.05, 0.1) is 6.54 Å². The van der Waals surface area contributed by atoms with Gasteiger partial charge in [0.25, 0.3) is 5.56 Å². The molecular weight excluding hydrogens is 364 g/mol. The molecule has 3 rings (SSSR count). The van der Waals surface area contributed by atoms with Crippen LogP contribution in [0.5, 0.6) is 0 Å². The van der Waals surface area contributed by atoms with Gasteiger partial charge in [0.1, 0.15) is 0 Å². The second kappa shape index (κ2) is 9.27. The van der Waals surface area contributed by atoms with Crippen molar-refractivity contribution in [2.24, 2.45) is 0 Å². The normalized spacial score (nSPS) is 15.2. The number of aromatic nitrogens is 3. The fourth-order valence-electron chi connectivity index (χ4n) is 3.26. The summed E-state index contributed by atoms with van der Waals surface area (Å²) < 4.78 is 1.31. The van der Waals surface area contributed by atoms with Gasteiger partial charge in [-0.2, -0.15) is 4.52 Å². The van der Waals surface area contributed by atoms with Gasteiger partial charge < -0.3 is 15.1 Å². The molecular formula is C18H28N6O2S. The van der Waals surface area contributed by atoms with E-state index < -0.39 is 0 Å². The van der Waals surface area contributed by atoms with Crippen molar-refractivity contribution in [3.05, 3.63) is 22.1 Å². The first kappa shape index (κ1) is 19.8. The highest BCUT2D eigenvalue weighted by atomic mass is 32.1. The third-order valence-electron chi connectivity index (χ3n) is 4.70. The Labute approximate surface area is 163 Å². The van der Waals surface area contributed by atoms with E-state index >= 15 is 0 Å². The first-order valence-corrected chi connectivity index (χ1v) is 10.5. The smallest absolute Gasteiger partial charge is 0.275 e. The van der Waals surface area contributed by atoms with Gasteiger partial charge in [0, 0.05) is 31.9 Å². The summed E-state index contributed by atoms with van der Waals surface area (Å²) in [6.07, 6.45) is 5.52. The van der Waals surface area contributed by atoms with Crippen molar-refractivity contribution in [1.29, 1.82) is 0 Å². The van der Waals surface area contributed by atoms with Gasteiger partial charge in [-0.1, -0.05) is 31.1 Å². The van der Waals surface area contributed by atoms with Crippen LogP contribution in [0.25, 0.3) is 4.96 Å². The number of likely N-dealkylation sites (N-methyl/N-ethyl adjacent to an activating group) is 1. The van der Waals surface area contributed by atoms with Crippen LogP contribution in [0.1, 0.15) is 38.3 Å². The molecule has 0 bridgehead atoms. The van der Waals surface area contributed by atoms with E-state index in [1.807, 2.05) is 0 Å². The molecule has 1 fully saturated rings. The molecule has 148 valence electrons. The van der Waals surface area contributed by atoms with E-state index in [1.165, 1.54) is 41.2 Å². The van der Waals surface area contributed by atoms with Gasteiger partial charge in [-0.05, 0) is 32.4 Å². The number of amides is 1. The Balaban J connectivity index is 1.55. The average molecular weight is 393 g/mol. The van der Waals surface area contributed by atoms with Gasteiger partial charge in [-0.25, -0.2) is 4.98 Å². The van der Waals surface area contributed by atoms with Gasteiger partial charge in [-0.15, -0.1) is 5.10 Å². The zero-order valence-electron chi connectivity index (χ0n) is 16.1. The van der Waals surface area contributed by atoms with E-state index in [2.05, 4.69) is 27.2 Å². The van der Waals surface area contributed by atoms with E-state index in [9.17, 15) is 9.59 Å². The van der Waals surface area contributed by atoms with Crippen LogP contribution in [0.4, 0.5) is 5.13 Å². The topological polar surface area (TPSA) is 82.8 Å². The van der Waals surface area contributed by atoms with Crippen LogP contribution in [-0.2, 0) is 11.2 Å². The molecule has 2 aromatic heterocycles. The van der Waals surface area contributed by atoms with Crippen LogP contribution in [0.15, 0.2) is 10.9 Å². The minimum Gasteiger partial charge on any atom is -0.353 e. The molecule has 1 amide bonds. The second-order valence-electron chi connectivity index (χ2n) is 7.02. The summed E-state index contributed by atoms with van der Waals surface area (Å²) in [6, 6.07) is 1.54. The number of hydrogen-bond donors (Lipinski definition) is 1. The largest absolute Gasteiger partial charge is 0.353 e. The van der Waals surface area contributed by atoms with Crippen LogP contribution in [0.2, 0.25) is 0 Å². The van der Waals surface area contributed by atoms with Crippen molar-refractivity contribution in [3.63, 3.8) is 0 Å². The SMILES string of the molecule is CCCc1cc(=O)n2nc(N(C)CC(=O)NCCN3CCCCC3)sc2n1. The zero-order valence-corrected chi connectivity index (χ0v) is 16.9. The van der Waals surface area contributed by atoms with Crippen LogP contribution in [0.3, 0.4) is 0 Å². The first-order chi connectivity index (χ1) is 13.1. The molecule has 0 saturated carbocycles. The summed E-state index contributed by atoms with van der Waals surface area (Å²) in [5.74, 6) is -0.0410. The van der Waals surface area contributed by atoms with Crippen molar-refractivity contribution >= 4 is 27.3 Å². The summed E-state index contributed by atoms with van der Waals surface area (Å²) >= 11 is 1.33.